The van der Waals surface area contributed by atoms with Crippen molar-refractivity contribution in [1.82, 2.24) is 0 Å². The lowest BCUT2D eigenvalue weighted by Crippen LogP contribution is -2.40. The molecule has 1 aliphatic rings. The molecule has 1 heterocycles. The van der Waals surface area contributed by atoms with Crippen LogP contribution < -0.4 is 27.4 Å². The Kier molecular flexibility index (Phi) is 19.4. The van der Waals surface area contributed by atoms with Gasteiger partial charge in [0.2, 0.25) is 5.82 Å². The van der Waals surface area contributed by atoms with Crippen LogP contribution in [0.1, 0.15) is 84.6 Å². The number of nitrogens with one attached hydrogen (secondary N) is 3. The molecule has 0 aromatic heterocycles. The Morgan fingerprint density at radius 1 is 0.692 bits per heavy atom. The highest BCUT2D eigenvalue weighted by atomic mass is 19.1. The first kappa shape index (κ1) is 54.1. The van der Waals surface area contributed by atoms with E-state index in [2.05, 4.69) is 58.6 Å². The van der Waals surface area contributed by atoms with Crippen LogP contribution in [-0.2, 0) is 0 Å². The molecule has 65 heavy (non-hydrogen) atoms. The molecule has 0 spiro atoms. The number of hydrogen-bond acceptors (Lipinski definition) is 14. The number of rotatable bonds is 6. The molecule has 0 fully saturated rings. The summed E-state index contributed by atoms with van der Waals surface area (Å²) < 4.78 is 12.6. The van der Waals surface area contributed by atoms with Crippen LogP contribution in [-0.4, -0.2) is 37.7 Å². The standard InChI is InChI=1S/C12H11N3O2.2C12H13N3.C7H3FN2O2.C5H9N/c1-4-12(2,3)14-10-6-5-9(8-13)7-11(10)15(16)17;1-8-12(2,3)15-10-5-4-9(7-13)6-11(10)14-8;1-4-12(2,3)15-11-6-5-9(8-13)7-10(11)14;8-6-2-1-5(4-9)3-7(6)10(11)12;1-4-5(2,3)6/h1,5-7,14H,2-3H3;4-6,15H,1-3H3;1,5-7,15H,14H2,2-3H3;1-3H;1H,6H2,2-3H3. The number of nitro groups is 2. The lowest BCUT2D eigenvalue weighted by molar-refractivity contribution is -0.387. The van der Waals surface area contributed by atoms with Gasteiger partial charge in [0.15, 0.2) is 0 Å². The molecule has 0 atom stereocenters. The van der Waals surface area contributed by atoms with E-state index in [1.165, 1.54) is 24.3 Å². The first-order chi connectivity index (χ1) is 30.1. The number of nitrogen functional groups attached to an aromatic ring is 1. The zero-order chi connectivity index (χ0) is 49.9. The zero-order valence-corrected chi connectivity index (χ0v) is 37.5. The summed E-state index contributed by atoms with van der Waals surface area (Å²) in [6.07, 6.45) is 15.6. The van der Waals surface area contributed by atoms with E-state index < -0.39 is 38.0 Å². The fourth-order valence-corrected chi connectivity index (χ4v) is 4.62. The summed E-state index contributed by atoms with van der Waals surface area (Å²) >= 11 is 0. The summed E-state index contributed by atoms with van der Waals surface area (Å²) in [5.41, 5.74) is 14.5. The first-order valence-corrected chi connectivity index (χ1v) is 19.1. The highest BCUT2D eigenvalue weighted by Gasteiger charge is 2.26. The van der Waals surface area contributed by atoms with Crippen molar-refractivity contribution in [2.24, 2.45) is 10.7 Å². The number of hydrogen-bond donors (Lipinski definition) is 5. The fourth-order valence-electron chi connectivity index (χ4n) is 4.62. The molecule has 4 aromatic carbocycles. The minimum atomic E-state index is -0.931. The molecule has 0 saturated carbocycles. The molecule has 332 valence electrons. The second-order valence-electron chi connectivity index (χ2n) is 16.0. The Hall–Kier alpha value is -8.92. The van der Waals surface area contributed by atoms with Gasteiger partial charge in [0.05, 0.1) is 101 Å². The van der Waals surface area contributed by atoms with Crippen molar-refractivity contribution in [3.8, 4) is 61.3 Å². The quantitative estimate of drug-likeness (QED) is 0.0523. The van der Waals surface area contributed by atoms with Crippen LogP contribution in [0.4, 0.5) is 44.2 Å². The minimum absolute atomic E-state index is 0.0723. The number of anilines is 4. The minimum Gasteiger partial charge on any atom is -0.397 e. The monoisotopic (exact) mass is 876 g/mol. The Labute approximate surface area is 379 Å². The van der Waals surface area contributed by atoms with Gasteiger partial charge < -0.3 is 27.4 Å². The van der Waals surface area contributed by atoms with Crippen LogP contribution in [0, 0.1) is 108 Å². The molecule has 0 radical (unpaired) electrons. The van der Waals surface area contributed by atoms with Gasteiger partial charge in [-0.1, -0.05) is 17.8 Å². The van der Waals surface area contributed by atoms with Crippen LogP contribution in [0.5, 0.6) is 0 Å². The third-order valence-corrected chi connectivity index (χ3v) is 8.53. The van der Waals surface area contributed by atoms with E-state index in [9.17, 15) is 24.6 Å². The topological polar surface area (TPSA) is 282 Å². The number of benzene rings is 4. The maximum atomic E-state index is 12.6. The number of nitro benzene ring substituents is 2. The van der Waals surface area contributed by atoms with Gasteiger partial charge in [-0.2, -0.15) is 25.4 Å². The predicted octanol–water partition coefficient (Wildman–Crippen LogP) is 9.07. The van der Waals surface area contributed by atoms with Crippen molar-refractivity contribution < 1.29 is 14.2 Å². The first-order valence-electron chi connectivity index (χ1n) is 19.1. The molecular formula is C48H49FN12O4. The van der Waals surface area contributed by atoms with Gasteiger partial charge in [-0.15, -0.1) is 19.3 Å². The molecule has 16 nitrogen and oxygen atoms in total. The molecule has 0 unspecified atom stereocenters. The van der Waals surface area contributed by atoms with Crippen molar-refractivity contribution in [2.45, 2.75) is 84.5 Å². The average molecular weight is 877 g/mol. The van der Waals surface area contributed by atoms with Crippen LogP contribution in [0.3, 0.4) is 0 Å². The number of nitrogens with zero attached hydrogens (tertiary/aromatic N) is 7. The fraction of sp³-hybridized carbons (Fsp3) is 0.271. The Morgan fingerprint density at radius 3 is 1.52 bits per heavy atom. The van der Waals surface area contributed by atoms with Gasteiger partial charge in [0.25, 0.3) is 5.69 Å². The van der Waals surface area contributed by atoms with Crippen LogP contribution in [0.2, 0.25) is 0 Å². The predicted molar refractivity (Wildman–Crippen MR) is 253 cm³/mol. The van der Waals surface area contributed by atoms with Gasteiger partial charge in [0.1, 0.15) is 5.69 Å². The Bertz CT molecular complexity index is 2740. The second kappa shape index (κ2) is 23.3. The van der Waals surface area contributed by atoms with E-state index in [4.69, 9.17) is 51.8 Å². The van der Waals surface area contributed by atoms with E-state index >= 15 is 0 Å². The van der Waals surface area contributed by atoms with Crippen LogP contribution >= 0.6 is 0 Å². The summed E-state index contributed by atoms with van der Waals surface area (Å²) in [4.78, 5) is 24.1. The lowest BCUT2D eigenvalue weighted by Gasteiger charge is -2.32. The smallest absolute Gasteiger partial charge is 0.306 e. The van der Waals surface area contributed by atoms with Crippen LogP contribution in [0.25, 0.3) is 0 Å². The largest absolute Gasteiger partial charge is 0.397 e. The number of halogens is 1. The second-order valence-corrected chi connectivity index (χ2v) is 16.0. The molecule has 0 aliphatic carbocycles. The normalized spacial score (nSPS) is 11.5. The lowest BCUT2D eigenvalue weighted by atomic mass is 9.96. The van der Waals surface area contributed by atoms with Gasteiger partial charge in [0, 0.05) is 17.8 Å². The highest BCUT2D eigenvalue weighted by Crippen LogP contribution is 2.34. The van der Waals surface area contributed by atoms with E-state index in [-0.39, 0.29) is 22.4 Å². The van der Waals surface area contributed by atoms with E-state index in [1.807, 2.05) is 39.0 Å². The maximum Gasteiger partial charge on any atom is 0.306 e. The van der Waals surface area contributed by atoms with Gasteiger partial charge in [-0.3, -0.25) is 25.2 Å². The summed E-state index contributed by atoms with van der Waals surface area (Å²) in [5, 5.41) is 64.9. The van der Waals surface area contributed by atoms with Gasteiger partial charge in [-0.05, 0) is 123 Å². The molecule has 0 amide bonds. The Morgan fingerprint density at radius 2 is 1.09 bits per heavy atom. The van der Waals surface area contributed by atoms with Crippen molar-refractivity contribution in [2.75, 3.05) is 21.7 Å². The summed E-state index contributed by atoms with van der Waals surface area (Å²) in [6.45, 7) is 17.0. The van der Waals surface area contributed by atoms with E-state index in [1.54, 1.807) is 64.1 Å². The van der Waals surface area contributed by atoms with Crippen molar-refractivity contribution in [3.05, 3.63) is 121 Å². The average Bonchev–Trinajstić information content (AvgIpc) is 3.25. The molecule has 17 heteroatoms. The summed E-state index contributed by atoms with van der Waals surface area (Å²) in [7, 11) is 0. The van der Waals surface area contributed by atoms with Crippen molar-refractivity contribution in [1.29, 1.82) is 21.0 Å². The number of fused-ring (bicyclic) bond motifs is 1. The molecule has 0 bridgehead atoms. The third-order valence-electron chi connectivity index (χ3n) is 8.53. The molecule has 4 aromatic rings. The van der Waals surface area contributed by atoms with E-state index in [0.29, 0.717) is 22.5 Å². The summed E-state index contributed by atoms with van der Waals surface area (Å²) in [6, 6.07) is 25.4. The third kappa shape index (κ3) is 17.9. The number of nitriles is 4. The van der Waals surface area contributed by atoms with Crippen molar-refractivity contribution >= 4 is 45.5 Å². The number of terminal acetylenes is 3. The molecule has 7 N–H and O–H groups in total. The number of nitrogens with two attached hydrogens (primary N) is 2. The van der Waals surface area contributed by atoms with Crippen LogP contribution in [0.15, 0.2) is 77.8 Å². The number of aliphatic imine (C=N–C) groups is 1. The molecule has 5 rings (SSSR count). The molecule has 1 aliphatic heterocycles. The molecule has 0 saturated heterocycles. The summed E-state index contributed by atoms with van der Waals surface area (Å²) in [5.74, 6) is 6.55. The SMILES string of the molecule is C#CC(C)(C)N.C#CC(C)(C)Nc1ccc(C#N)cc1N.C#CC(C)(C)Nc1ccc(C#N)cc1[N+](=O)[O-].CC1=Nc2cc(C#N)ccc2NC1(C)C.N#Cc1ccc(F)c([N+](=O)[O-])c1. The van der Waals surface area contributed by atoms with E-state index in [0.717, 1.165) is 34.9 Å². The zero-order valence-electron chi connectivity index (χ0n) is 37.5. The molecular weight excluding hydrogens is 828 g/mol. The van der Waals surface area contributed by atoms with Gasteiger partial charge in [-0.25, -0.2) is 0 Å². The highest BCUT2D eigenvalue weighted by molar-refractivity contribution is 5.99. The maximum absolute atomic E-state index is 12.6. The van der Waals surface area contributed by atoms with Crippen molar-refractivity contribution in [3.63, 3.8) is 0 Å². The van der Waals surface area contributed by atoms with Gasteiger partial charge >= 0.3 is 5.69 Å². The Balaban J connectivity index is 0.000000418.